The molecular weight excluding hydrogens is 236 g/mol. The molecule has 1 saturated carbocycles. The van der Waals surface area contributed by atoms with Gasteiger partial charge < -0.3 is 4.42 Å². The normalized spacial score (nSPS) is 16.8. The van der Waals surface area contributed by atoms with Gasteiger partial charge in [0.1, 0.15) is 5.58 Å². The molecule has 0 radical (unpaired) electrons. The molecular formula is C17H20O2. The number of aryl methyl sites for hydroxylation is 1. The maximum Gasteiger partial charge on any atom is 0.336 e. The van der Waals surface area contributed by atoms with E-state index in [0.29, 0.717) is 5.58 Å². The lowest BCUT2D eigenvalue weighted by atomic mass is 9.85. The molecule has 3 rings (SSSR count). The first kappa shape index (κ1) is 12.5. The summed E-state index contributed by atoms with van der Waals surface area (Å²) in [6, 6.07) is 9.51. The molecule has 2 aromatic rings. The van der Waals surface area contributed by atoms with E-state index in [0.717, 1.165) is 17.7 Å². The van der Waals surface area contributed by atoms with Crippen LogP contribution in [0.4, 0.5) is 0 Å². The molecule has 2 heteroatoms. The molecule has 1 aliphatic rings. The van der Waals surface area contributed by atoms with Crippen LogP contribution in [-0.4, -0.2) is 0 Å². The van der Waals surface area contributed by atoms with E-state index >= 15 is 0 Å². The standard InChI is InChI=1S/C17H20O2/c18-17-11-9-15-12-14(8-10-16(15)19-17)7-6-13-4-2-1-3-5-13/h8-13H,1-7H2. The summed E-state index contributed by atoms with van der Waals surface area (Å²) in [6.07, 6.45) is 9.49. The Morgan fingerprint density at radius 2 is 1.89 bits per heavy atom. The summed E-state index contributed by atoms with van der Waals surface area (Å²) in [5.74, 6) is 0.915. The van der Waals surface area contributed by atoms with Crippen molar-refractivity contribution in [3.63, 3.8) is 0 Å². The SMILES string of the molecule is O=c1ccc2cc(CCC3CCCCC3)ccc2o1. The van der Waals surface area contributed by atoms with Crippen LogP contribution >= 0.6 is 0 Å². The highest BCUT2D eigenvalue weighted by molar-refractivity contribution is 5.76. The Balaban J connectivity index is 1.70. The van der Waals surface area contributed by atoms with E-state index < -0.39 is 0 Å². The fraction of sp³-hybridized carbons (Fsp3) is 0.471. The lowest BCUT2D eigenvalue weighted by Crippen LogP contribution is -2.07. The molecule has 0 amide bonds. The van der Waals surface area contributed by atoms with Gasteiger partial charge in [-0.25, -0.2) is 4.79 Å². The summed E-state index contributed by atoms with van der Waals surface area (Å²) in [5, 5.41) is 1.03. The first-order valence-electron chi connectivity index (χ1n) is 7.34. The van der Waals surface area contributed by atoms with Gasteiger partial charge in [-0.05, 0) is 42.5 Å². The molecule has 0 atom stereocenters. The summed E-state index contributed by atoms with van der Waals surface area (Å²) in [5.41, 5.74) is 1.77. The maximum atomic E-state index is 11.1. The van der Waals surface area contributed by atoms with Crippen LogP contribution in [0.1, 0.15) is 44.1 Å². The third-order valence-corrected chi connectivity index (χ3v) is 4.25. The summed E-state index contributed by atoms with van der Waals surface area (Å²) < 4.78 is 5.16. The van der Waals surface area contributed by atoms with Gasteiger partial charge in [0.2, 0.25) is 0 Å². The fourth-order valence-electron chi connectivity index (χ4n) is 3.12. The molecule has 0 spiro atoms. The zero-order chi connectivity index (χ0) is 13.1. The lowest BCUT2D eigenvalue weighted by molar-refractivity contribution is 0.339. The molecule has 0 unspecified atom stereocenters. The van der Waals surface area contributed by atoms with Gasteiger partial charge in [0.05, 0.1) is 0 Å². The van der Waals surface area contributed by atoms with Gasteiger partial charge in [0.15, 0.2) is 0 Å². The van der Waals surface area contributed by atoms with Crippen LogP contribution in [0.25, 0.3) is 11.0 Å². The highest BCUT2D eigenvalue weighted by atomic mass is 16.4. The summed E-state index contributed by atoms with van der Waals surface area (Å²) >= 11 is 0. The van der Waals surface area contributed by atoms with E-state index in [2.05, 4.69) is 12.1 Å². The number of hydrogen-bond donors (Lipinski definition) is 0. The zero-order valence-corrected chi connectivity index (χ0v) is 11.2. The molecule has 1 aromatic heterocycles. The van der Waals surface area contributed by atoms with Gasteiger partial charge >= 0.3 is 5.63 Å². The van der Waals surface area contributed by atoms with Gasteiger partial charge in [0, 0.05) is 11.5 Å². The van der Waals surface area contributed by atoms with E-state index in [1.54, 1.807) is 0 Å². The first-order chi connectivity index (χ1) is 9.31. The topological polar surface area (TPSA) is 30.2 Å². The fourth-order valence-corrected chi connectivity index (χ4v) is 3.12. The molecule has 0 bridgehead atoms. The van der Waals surface area contributed by atoms with Crippen LogP contribution in [0.15, 0.2) is 39.5 Å². The Hall–Kier alpha value is -1.57. The molecule has 19 heavy (non-hydrogen) atoms. The second-order valence-corrected chi connectivity index (χ2v) is 5.67. The van der Waals surface area contributed by atoms with Crippen molar-refractivity contribution >= 4 is 11.0 Å². The largest absolute Gasteiger partial charge is 0.423 e. The van der Waals surface area contributed by atoms with Crippen molar-refractivity contribution in [3.8, 4) is 0 Å². The quantitative estimate of drug-likeness (QED) is 0.766. The lowest BCUT2D eigenvalue weighted by Gasteiger charge is -2.21. The van der Waals surface area contributed by atoms with Crippen LogP contribution in [0.3, 0.4) is 0 Å². The minimum absolute atomic E-state index is 0.276. The predicted molar refractivity (Wildman–Crippen MR) is 77.4 cm³/mol. The highest BCUT2D eigenvalue weighted by Gasteiger charge is 2.13. The van der Waals surface area contributed by atoms with Crippen molar-refractivity contribution in [2.45, 2.75) is 44.9 Å². The Labute approximate surface area is 113 Å². The number of benzene rings is 1. The minimum Gasteiger partial charge on any atom is -0.423 e. The summed E-state index contributed by atoms with van der Waals surface area (Å²) in [7, 11) is 0. The van der Waals surface area contributed by atoms with Crippen molar-refractivity contribution in [1.29, 1.82) is 0 Å². The van der Waals surface area contributed by atoms with E-state index in [-0.39, 0.29) is 5.63 Å². The maximum absolute atomic E-state index is 11.1. The van der Waals surface area contributed by atoms with Crippen LogP contribution in [0.2, 0.25) is 0 Å². The Morgan fingerprint density at radius 3 is 2.74 bits per heavy atom. The Kier molecular flexibility index (Phi) is 3.67. The third kappa shape index (κ3) is 3.06. The van der Waals surface area contributed by atoms with Gasteiger partial charge in [-0.15, -0.1) is 0 Å². The molecule has 100 valence electrons. The average Bonchev–Trinajstić information content (AvgIpc) is 2.46. The second-order valence-electron chi connectivity index (χ2n) is 5.67. The number of rotatable bonds is 3. The van der Waals surface area contributed by atoms with Crippen LogP contribution < -0.4 is 5.63 Å². The minimum atomic E-state index is -0.276. The monoisotopic (exact) mass is 256 g/mol. The molecule has 1 aliphatic carbocycles. The highest BCUT2D eigenvalue weighted by Crippen LogP contribution is 2.27. The molecule has 0 N–H and O–H groups in total. The molecule has 1 heterocycles. The van der Waals surface area contributed by atoms with Gasteiger partial charge in [0.25, 0.3) is 0 Å². The van der Waals surface area contributed by atoms with E-state index in [9.17, 15) is 4.79 Å². The Morgan fingerprint density at radius 1 is 1.05 bits per heavy atom. The predicted octanol–water partition coefficient (Wildman–Crippen LogP) is 4.31. The van der Waals surface area contributed by atoms with E-state index in [1.807, 2.05) is 12.1 Å². The van der Waals surface area contributed by atoms with Gasteiger partial charge in [-0.3, -0.25) is 0 Å². The summed E-state index contributed by atoms with van der Waals surface area (Å²) in [6.45, 7) is 0. The first-order valence-corrected chi connectivity index (χ1v) is 7.34. The average molecular weight is 256 g/mol. The molecule has 1 aromatic carbocycles. The number of fused-ring (bicyclic) bond motifs is 1. The molecule has 2 nitrogen and oxygen atoms in total. The molecule has 0 saturated heterocycles. The van der Waals surface area contributed by atoms with Crippen LogP contribution in [0, 0.1) is 5.92 Å². The second kappa shape index (κ2) is 5.60. The molecule has 1 fully saturated rings. The van der Waals surface area contributed by atoms with Crippen LogP contribution in [0.5, 0.6) is 0 Å². The number of hydrogen-bond acceptors (Lipinski definition) is 2. The zero-order valence-electron chi connectivity index (χ0n) is 11.2. The van der Waals surface area contributed by atoms with Crippen LogP contribution in [-0.2, 0) is 6.42 Å². The van der Waals surface area contributed by atoms with Crippen molar-refractivity contribution in [3.05, 3.63) is 46.3 Å². The van der Waals surface area contributed by atoms with E-state index in [4.69, 9.17) is 4.42 Å². The Bertz CT molecular complexity index is 606. The van der Waals surface area contributed by atoms with Crippen molar-refractivity contribution in [2.75, 3.05) is 0 Å². The molecule has 0 aliphatic heterocycles. The summed E-state index contributed by atoms with van der Waals surface area (Å²) in [4.78, 5) is 11.1. The van der Waals surface area contributed by atoms with Gasteiger partial charge in [-0.1, -0.05) is 38.2 Å². The van der Waals surface area contributed by atoms with Gasteiger partial charge in [-0.2, -0.15) is 0 Å². The van der Waals surface area contributed by atoms with Crippen molar-refractivity contribution in [1.82, 2.24) is 0 Å². The van der Waals surface area contributed by atoms with Crippen molar-refractivity contribution in [2.24, 2.45) is 5.92 Å². The smallest absolute Gasteiger partial charge is 0.336 e. The van der Waals surface area contributed by atoms with Crippen molar-refractivity contribution < 1.29 is 4.42 Å². The van der Waals surface area contributed by atoms with E-state index in [1.165, 1.54) is 50.2 Å². The third-order valence-electron chi connectivity index (χ3n) is 4.25.